The molecule has 1 aliphatic heterocycles. The number of amides is 1. The lowest BCUT2D eigenvalue weighted by Gasteiger charge is -2.36. The van der Waals surface area contributed by atoms with E-state index in [9.17, 15) is 9.90 Å². The van der Waals surface area contributed by atoms with Crippen molar-refractivity contribution < 1.29 is 9.90 Å². The molecule has 2 aliphatic rings. The molecule has 3 atom stereocenters. The van der Waals surface area contributed by atoms with Crippen LogP contribution in [0.3, 0.4) is 0 Å². The number of nitrogens with two attached hydrogens (primary N) is 1. The number of carbonyl (C=O) groups is 1. The first-order valence-electron chi connectivity index (χ1n) is 6.25. The smallest absolute Gasteiger partial charge is 0.219 e. The van der Waals surface area contributed by atoms with Crippen molar-refractivity contribution >= 4 is 5.91 Å². The minimum Gasteiger partial charge on any atom is -0.393 e. The molecule has 1 aliphatic carbocycles. The topological polar surface area (TPSA) is 66.6 Å². The summed E-state index contributed by atoms with van der Waals surface area (Å²) in [5.41, 5.74) is 5.95. The molecular weight excluding hydrogens is 204 g/mol. The first kappa shape index (κ1) is 11.9. The van der Waals surface area contributed by atoms with Gasteiger partial charge in [0.1, 0.15) is 0 Å². The van der Waals surface area contributed by atoms with Crippen molar-refractivity contribution in [1.82, 2.24) is 4.90 Å². The number of hydrogen-bond donors (Lipinski definition) is 2. The van der Waals surface area contributed by atoms with Crippen LogP contribution in [0.1, 0.15) is 32.6 Å². The van der Waals surface area contributed by atoms with Crippen LogP contribution in [-0.4, -0.2) is 41.1 Å². The number of aliphatic hydroxyl groups excluding tert-OH is 1. The summed E-state index contributed by atoms with van der Waals surface area (Å²) >= 11 is 0. The van der Waals surface area contributed by atoms with E-state index in [0.717, 1.165) is 32.2 Å². The number of likely N-dealkylation sites (tertiary alicyclic amines) is 1. The second kappa shape index (κ2) is 4.72. The van der Waals surface area contributed by atoms with E-state index in [1.54, 1.807) is 6.92 Å². The number of rotatable bonds is 3. The molecule has 1 saturated carbocycles. The van der Waals surface area contributed by atoms with E-state index in [-0.39, 0.29) is 18.1 Å². The largest absolute Gasteiger partial charge is 0.393 e. The van der Waals surface area contributed by atoms with Crippen molar-refractivity contribution in [2.24, 2.45) is 17.6 Å². The molecule has 16 heavy (non-hydrogen) atoms. The Bertz CT molecular complexity index is 266. The minimum absolute atomic E-state index is 0.0778. The summed E-state index contributed by atoms with van der Waals surface area (Å²) in [6.45, 7) is 3.03. The third-order valence-electron chi connectivity index (χ3n) is 3.76. The zero-order valence-corrected chi connectivity index (χ0v) is 9.93. The fourth-order valence-electron chi connectivity index (χ4n) is 2.69. The molecule has 3 N–H and O–H groups in total. The normalized spacial score (nSPS) is 32.6. The van der Waals surface area contributed by atoms with Crippen molar-refractivity contribution in [2.75, 3.05) is 13.1 Å². The fourth-order valence-corrected chi connectivity index (χ4v) is 2.69. The van der Waals surface area contributed by atoms with Gasteiger partial charge in [0.25, 0.3) is 0 Å². The van der Waals surface area contributed by atoms with Crippen LogP contribution in [0.5, 0.6) is 0 Å². The first-order valence-corrected chi connectivity index (χ1v) is 6.25. The monoisotopic (exact) mass is 226 g/mol. The number of hydrogen-bond acceptors (Lipinski definition) is 3. The van der Waals surface area contributed by atoms with Crippen LogP contribution in [0.4, 0.5) is 0 Å². The van der Waals surface area contributed by atoms with Gasteiger partial charge in [-0.05, 0) is 37.5 Å². The third-order valence-corrected chi connectivity index (χ3v) is 3.76. The summed E-state index contributed by atoms with van der Waals surface area (Å²) in [6, 6.07) is 0.0778. The summed E-state index contributed by atoms with van der Waals surface area (Å²) in [6.07, 6.45) is 3.90. The number of aliphatic hydroxyl groups is 1. The Kier molecular flexibility index (Phi) is 3.50. The summed E-state index contributed by atoms with van der Waals surface area (Å²) < 4.78 is 0. The molecule has 0 spiro atoms. The molecule has 0 aromatic rings. The molecule has 1 saturated heterocycles. The lowest BCUT2D eigenvalue weighted by Crippen LogP contribution is -2.49. The summed E-state index contributed by atoms with van der Waals surface area (Å²) in [4.78, 5) is 13.1. The van der Waals surface area contributed by atoms with Crippen LogP contribution < -0.4 is 5.73 Å². The Morgan fingerprint density at radius 3 is 2.75 bits per heavy atom. The second-order valence-corrected chi connectivity index (χ2v) is 5.43. The van der Waals surface area contributed by atoms with E-state index in [4.69, 9.17) is 5.73 Å². The molecule has 4 nitrogen and oxygen atoms in total. The van der Waals surface area contributed by atoms with Gasteiger partial charge in [0.15, 0.2) is 0 Å². The van der Waals surface area contributed by atoms with Gasteiger partial charge < -0.3 is 15.7 Å². The zero-order valence-electron chi connectivity index (χ0n) is 9.93. The number of piperidine rings is 1. The van der Waals surface area contributed by atoms with Crippen LogP contribution in [0, 0.1) is 11.8 Å². The fraction of sp³-hybridized carbons (Fsp3) is 0.917. The first-order chi connectivity index (χ1) is 7.56. The average Bonchev–Trinajstić information content (AvgIpc) is 2.99. The Hall–Kier alpha value is -0.610. The molecule has 92 valence electrons. The van der Waals surface area contributed by atoms with Gasteiger partial charge in [0, 0.05) is 26.1 Å². The van der Waals surface area contributed by atoms with Gasteiger partial charge in [-0.2, -0.15) is 0 Å². The SMILES string of the molecule is CC(=O)N1CC(N)CC(CC(O)C2CC2)C1. The average molecular weight is 226 g/mol. The lowest BCUT2D eigenvalue weighted by atomic mass is 9.88. The van der Waals surface area contributed by atoms with E-state index >= 15 is 0 Å². The van der Waals surface area contributed by atoms with Crippen LogP contribution in [-0.2, 0) is 4.79 Å². The van der Waals surface area contributed by atoms with Gasteiger partial charge in [0.05, 0.1) is 6.10 Å². The Morgan fingerprint density at radius 2 is 2.19 bits per heavy atom. The summed E-state index contributed by atoms with van der Waals surface area (Å²) in [5, 5.41) is 9.91. The highest BCUT2D eigenvalue weighted by molar-refractivity contribution is 5.73. The van der Waals surface area contributed by atoms with Gasteiger partial charge in [-0.25, -0.2) is 0 Å². The van der Waals surface area contributed by atoms with Gasteiger partial charge >= 0.3 is 0 Å². The Balaban J connectivity index is 1.85. The molecule has 0 radical (unpaired) electrons. The van der Waals surface area contributed by atoms with Crippen molar-refractivity contribution in [3.05, 3.63) is 0 Å². The quantitative estimate of drug-likeness (QED) is 0.729. The highest BCUT2D eigenvalue weighted by Gasteiger charge is 2.34. The van der Waals surface area contributed by atoms with E-state index in [1.807, 2.05) is 4.90 Å². The molecule has 0 bridgehead atoms. The molecule has 0 aromatic carbocycles. The highest BCUT2D eigenvalue weighted by Crippen LogP contribution is 2.36. The van der Waals surface area contributed by atoms with E-state index < -0.39 is 0 Å². The number of carbonyl (C=O) groups excluding carboxylic acids is 1. The standard InChI is InChI=1S/C12H22N2O2/c1-8(15)14-6-9(4-11(13)7-14)5-12(16)10-2-3-10/h9-12,16H,2-7,13H2,1H3. The molecule has 1 amide bonds. The highest BCUT2D eigenvalue weighted by atomic mass is 16.3. The molecule has 2 rings (SSSR count). The second-order valence-electron chi connectivity index (χ2n) is 5.43. The van der Waals surface area contributed by atoms with Crippen LogP contribution in [0.2, 0.25) is 0 Å². The zero-order chi connectivity index (χ0) is 11.7. The van der Waals surface area contributed by atoms with Gasteiger partial charge in [0.2, 0.25) is 5.91 Å². The Labute approximate surface area is 96.8 Å². The molecule has 4 heteroatoms. The third kappa shape index (κ3) is 2.95. The maximum Gasteiger partial charge on any atom is 0.219 e. The van der Waals surface area contributed by atoms with Gasteiger partial charge in [-0.15, -0.1) is 0 Å². The van der Waals surface area contributed by atoms with Crippen LogP contribution in [0.15, 0.2) is 0 Å². The lowest BCUT2D eigenvalue weighted by molar-refractivity contribution is -0.131. The van der Waals surface area contributed by atoms with Gasteiger partial charge in [-0.1, -0.05) is 0 Å². The Morgan fingerprint density at radius 1 is 1.50 bits per heavy atom. The maximum absolute atomic E-state index is 11.3. The van der Waals surface area contributed by atoms with Crippen LogP contribution >= 0.6 is 0 Å². The molecule has 3 unspecified atom stereocenters. The predicted molar refractivity (Wildman–Crippen MR) is 61.7 cm³/mol. The van der Waals surface area contributed by atoms with Crippen LogP contribution in [0.25, 0.3) is 0 Å². The predicted octanol–water partition coefficient (Wildman–Crippen LogP) is 0.343. The van der Waals surface area contributed by atoms with Crippen molar-refractivity contribution in [3.8, 4) is 0 Å². The number of nitrogens with zero attached hydrogens (tertiary/aromatic N) is 1. The van der Waals surface area contributed by atoms with E-state index in [1.165, 1.54) is 0 Å². The molecule has 1 heterocycles. The summed E-state index contributed by atoms with van der Waals surface area (Å²) in [7, 11) is 0. The van der Waals surface area contributed by atoms with Gasteiger partial charge in [-0.3, -0.25) is 4.79 Å². The molecule has 0 aromatic heterocycles. The minimum atomic E-state index is -0.177. The summed E-state index contributed by atoms with van der Waals surface area (Å²) in [5.74, 6) is 0.994. The molecule has 2 fully saturated rings. The van der Waals surface area contributed by atoms with Crippen molar-refractivity contribution in [3.63, 3.8) is 0 Å². The van der Waals surface area contributed by atoms with E-state index in [2.05, 4.69) is 0 Å². The maximum atomic E-state index is 11.3. The van der Waals surface area contributed by atoms with E-state index in [0.29, 0.717) is 18.4 Å². The van der Waals surface area contributed by atoms with Crippen molar-refractivity contribution in [2.45, 2.75) is 44.8 Å². The molecular formula is C12H22N2O2. The van der Waals surface area contributed by atoms with Crippen molar-refractivity contribution in [1.29, 1.82) is 0 Å².